The van der Waals surface area contributed by atoms with Gasteiger partial charge in [0.2, 0.25) is 5.76 Å². The van der Waals surface area contributed by atoms with Crippen molar-refractivity contribution in [1.29, 1.82) is 0 Å². The monoisotopic (exact) mass is 307 g/mol. The number of primary amides is 1. The third-order valence-electron chi connectivity index (χ3n) is 3.26. The lowest BCUT2D eigenvalue weighted by molar-refractivity contribution is 0.0997. The first kappa shape index (κ1) is 14.5. The van der Waals surface area contributed by atoms with Crippen LogP contribution in [0.4, 0.5) is 5.69 Å². The first-order chi connectivity index (χ1) is 11.2. The molecule has 0 aliphatic heterocycles. The van der Waals surface area contributed by atoms with Crippen LogP contribution in [0.15, 0.2) is 65.4 Å². The van der Waals surface area contributed by atoms with E-state index in [9.17, 15) is 9.59 Å². The van der Waals surface area contributed by atoms with Crippen molar-refractivity contribution in [2.45, 2.75) is 0 Å². The molecule has 0 atom stereocenters. The van der Waals surface area contributed by atoms with Crippen LogP contribution in [0.1, 0.15) is 20.9 Å². The number of amides is 2. The number of hydrogen-bond donors (Lipinski definition) is 2. The summed E-state index contributed by atoms with van der Waals surface area (Å²) in [5.41, 5.74) is 7.04. The summed E-state index contributed by atoms with van der Waals surface area (Å²) in [6.45, 7) is 0. The van der Waals surface area contributed by atoms with Crippen LogP contribution in [0.3, 0.4) is 0 Å². The van der Waals surface area contributed by atoms with Crippen LogP contribution in [0.2, 0.25) is 0 Å². The third-order valence-corrected chi connectivity index (χ3v) is 3.26. The van der Waals surface area contributed by atoms with E-state index in [-0.39, 0.29) is 11.3 Å². The molecule has 3 rings (SSSR count). The normalized spacial score (nSPS) is 10.3. The van der Waals surface area contributed by atoms with E-state index in [4.69, 9.17) is 10.2 Å². The summed E-state index contributed by atoms with van der Waals surface area (Å²) in [6, 6.07) is 15.7. The van der Waals surface area contributed by atoms with Gasteiger partial charge in [0.25, 0.3) is 11.8 Å². The lowest BCUT2D eigenvalue weighted by atomic mass is 10.1. The Morgan fingerprint density at radius 3 is 2.43 bits per heavy atom. The summed E-state index contributed by atoms with van der Waals surface area (Å²) < 4.78 is 5.21. The number of nitrogens with two attached hydrogens (primary N) is 1. The molecule has 0 saturated carbocycles. The molecule has 6 heteroatoms. The van der Waals surface area contributed by atoms with Gasteiger partial charge in [-0.3, -0.25) is 9.59 Å². The fourth-order valence-corrected chi connectivity index (χ4v) is 2.19. The molecule has 0 bridgehead atoms. The molecule has 23 heavy (non-hydrogen) atoms. The number of carbonyl (C=O) groups excluding carboxylic acids is 2. The molecule has 3 aromatic rings. The number of nitrogens with zero attached hydrogens (tertiary/aromatic N) is 1. The van der Waals surface area contributed by atoms with Crippen LogP contribution in [-0.4, -0.2) is 16.8 Å². The second-order valence-corrected chi connectivity index (χ2v) is 4.76. The largest absolute Gasteiger partial charge is 0.438 e. The molecular formula is C17H13N3O3. The number of carbonyl (C=O) groups is 2. The van der Waals surface area contributed by atoms with Gasteiger partial charge < -0.3 is 15.5 Å². The zero-order valence-corrected chi connectivity index (χ0v) is 12.0. The van der Waals surface area contributed by atoms with Crippen LogP contribution in [0.25, 0.3) is 11.3 Å². The fraction of sp³-hybridized carbons (Fsp3) is 0. The highest BCUT2D eigenvalue weighted by Gasteiger charge is 2.20. The maximum absolute atomic E-state index is 12.4. The predicted molar refractivity (Wildman–Crippen MR) is 84.9 cm³/mol. The van der Waals surface area contributed by atoms with Crippen molar-refractivity contribution in [1.82, 2.24) is 4.98 Å². The minimum Gasteiger partial charge on any atom is -0.438 e. The Morgan fingerprint density at radius 2 is 1.70 bits per heavy atom. The Labute approximate surface area is 132 Å². The highest BCUT2D eigenvalue weighted by Crippen LogP contribution is 2.23. The average Bonchev–Trinajstić information content (AvgIpc) is 3.05. The van der Waals surface area contributed by atoms with Gasteiger partial charge in [0.15, 0.2) is 6.39 Å². The fourth-order valence-electron chi connectivity index (χ4n) is 2.19. The average molecular weight is 307 g/mol. The van der Waals surface area contributed by atoms with Crippen LogP contribution < -0.4 is 11.1 Å². The Hall–Kier alpha value is -3.41. The minimum absolute atomic E-state index is 0.0653. The molecule has 114 valence electrons. The van der Waals surface area contributed by atoms with Gasteiger partial charge in [0.1, 0.15) is 5.69 Å². The molecule has 0 aliphatic carbocycles. The van der Waals surface area contributed by atoms with Crippen molar-refractivity contribution in [3.8, 4) is 11.3 Å². The van der Waals surface area contributed by atoms with Gasteiger partial charge in [-0.1, -0.05) is 42.5 Å². The van der Waals surface area contributed by atoms with Gasteiger partial charge in [0, 0.05) is 5.56 Å². The number of rotatable bonds is 4. The number of nitrogens with one attached hydrogen (secondary N) is 1. The van der Waals surface area contributed by atoms with Crippen molar-refractivity contribution >= 4 is 17.5 Å². The van der Waals surface area contributed by atoms with E-state index in [0.29, 0.717) is 11.4 Å². The predicted octanol–water partition coefficient (Wildman–Crippen LogP) is 2.69. The van der Waals surface area contributed by atoms with E-state index in [2.05, 4.69) is 10.3 Å². The second-order valence-electron chi connectivity index (χ2n) is 4.76. The summed E-state index contributed by atoms with van der Waals surface area (Å²) in [7, 11) is 0. The molecule has 1 aromatic heterocycles. The molecule has 0 unspecified atom stereocenters. The Bertz CT molecular complexity index is 856. The summed E-state index contributed by atoms with van der Waals surface area (Å²) in [6.07, 6.45) is 1.21. The molecule has 2 amide bonds. The first-order valence-corrected chi connectivity index (χ1v) is 6.86. The molecule has 0 radical (unpaired) electrons. The second kappa shape index (κ2) is 6.15. The third kappa shape index (κ3) is 2.96. The topological polar surface area (TPSA) is 98.2 Å². The molecule has 2 aromatic carbocycles. The molecular weight excluding hydrogens is 294 g/mol. The zero-order chi connectivity index (χ0) is 16.2. The number of oxazole rings is 1. The van der Waals surface area contributed by atoms with Gasteiger partial charge >= 0.3 is 0 Å². The van der Waals surface area contributed by atoms with E-state index in [1.54, 1.807) is 18.2 Å². The zero-order valence-electron chi connectivity index (χ0n) is 12.0. The Balaban J connectivity index is 1.92. The van der Waals surface area contributed by atoms with Gasteiger partial charge in [-0.05, 0) is 12.1 Å². The van der Waals surface area contributed by atoms with Crippen molar-refractivity contribution in [2.75, 3.05) is 5.32 Å². The number of benzene rings is 2. The molecule has 6 nitrogen and oxygen atoms in total. The lowest BCUT2D eigenvalue weighted by Crippen LogP contribution is -2.18. The molecule has 0 saturated heterocycles. The summed E-state index contributed by atoms with van der Waals surface area (Å²) in [5, 5.41) is 2.63. The van der Waals surface area contributed by atoms with E-state index in [1.807, 2.05) is 30.3 Å². The number of hydrogen-bond acceptors (Lipinski definition) is 4. The van der Waals surface area contributed by atoms with E-state index in [1.165, 1.54) is 12.5 Å². The first-order valence-electron chi connectivity index (χ1n) is 6.86. The number of para-hydroxylation sites is 1. The summed E-state index contributed by atoms with van der Waals surface area (Å²) in [4.78, 5) is 27.9. The maximum atomic E-state index is 12.4. The van der Waals surface area contributed by atoms with Gasteiger partial charge in [0.05, 0.1) is 11.3 Å². The van der Waals surface area contributed by atoms with E-state index < -0.39 is 11.8 Å². The van der Waals surface area contributed by atoms with Crippen LogP contribution in [0.5, 0.6) is 0 Å². The Kier molecular flexibility index (Phi) is 3.88. The number of anilines is 1. The molecule has 3 N–H and O–H groups in total. The van der Waals surface area contributed by atoms with E-state index >= 15 is 0 Å². The standard InChI is InChI=1S/C17H13N3O3/c18-16(21)12-8-4-5-9-13(12)20-17(22)15-14(19-10-23-15)11-6-2-1-3-7-11/h1-10H,(H2,18,21)(H,20,22). The van der Waals surface area contributed by atoms with Crippen LogP contribution in [0, 0.1) is 0 Å². The van der Waals surface area contributed by atoms with E-state index in [0.717, 1.165) is 5.56 Å². The lowest BCUT2D eigenvalue weighted by Gasteiger charge is -2.08. The van der Waals surface area contributed by atoms with Crippen molar-refractivity contribution in [2.24, 2.45) is 5.73 Å². The van der Waals surface area contributed by atoms with Gasteiger partial charge in [-0.15, -0.1) is 0 Å². The molecule has 1 heterocycles. The molecule has 0 spiro atoms. The van der Waals surface area contributed by atoms with Crippen molar-refractivity contribution in [3.63, 3.8) is 0 Å². The Morgan fingerprint density at radius 1 is 1.00 bits per heavy atom. The van der Waals surface area contributed by atoms with Crippen molar-refractivity contribution in [3.05, 3.63) is 72.3 Å². The molecule has 0 aliphatic rings. The van der Waals surface area contributed by atoms with Crippen LogP contribution >= 0.6 is 0 Å². The van der Waals surface area contributed by atoms with Gasteiger partial charge in [-0.25, -0.2) is 4.98 Å². The van der Waals surface area contributed by atoms with Crippen molar-refractivity contribution < 1.29 is 14.0 Å². The molecule has 0 fully saturated rings. The summed E-state index contributed by atoms with van der Waals surface area (Å²) in [5.74, 6) is -1.06. The quantitative estimate of drug-likeness (QED) is 0.774. The SMILES string of the molecule is NC(=O)c1ccccc1NC(=O)c1ocnc1-c1ccccc1. The summed E-state index contributed by atoms with van der Waals surface area (Å²) >= 11 is 0. The maximum Gasteiger partial charge on any atom is 0.293 e. The minimum atomic E-state index is -0.623. The van der Waals surface area contributed by atoms with Crippen LogP contribution in [-0.2, 0) is 0 Å². The van der Waals surface area contributed by atoms with Gasteiger partial charge in [-0.2, -0.15) is 0 Å². The smallest absolute Gasteiger partial charge is 0.293 e. The number of aromatic nitrogens is 1. The highest BCUT2D eigenvalue weighted by molar-refractivity contribution is 6.09. The highest BCUT2D eigenvalue weighted by atomic mass is 16.3.